The third kappa shape index (κ3) is 10.6. The summed E-state index contributed by atoms with van der Waals surface area (Å²) in [6, 6.07) is 11.5. The second-order valence-electron chi connectivity index (χ2n) is 10.0. The number of ether oxygens (including phenoxy) is 1. The van der Waals surface area contributed by atoms with Crippen molar-refractivity contribution in [2.75, 3.05) is 51.2 Å². The Balaban J connectivity index is 2.31. The minimum atomic E-state index is -3.92. The van der Waals surface area contributed by atoms with E-state index >= 15 is 0 Å². The number of nitrogens with zero attached hydrogens (tertiary/aromatic N) is 2. The lowest BCUT2D eigenvalue weighted by atomic mass is 10.0. The zero-order chi connectivity index (χ0) is 32.7. The number of carbonyl (C=O) groups excluding carboxylic acids is 3. The van der Waals surface area contributed by atoms with Gasteiger partial charge in [-0.15, -0.1) is 0 Å². The van der Waals surface area contributed by atoms with Gasteiger partial charge < -0.3 is 37.5 Å². The minimum Gasteiger partial charge on any atom is -0.492 e. The van der Waals surface area contributed by atoms with Crippen molar-refractivity contribution < 1.29 is 27.5 Å². The van der Waals surface area contributed by atoms with Crippen LogP contribution in [0.3, 0.4) is 0 Å². The predicted molar refractivity (Wildman–Crippen MR) is 170 cm³/mol. The Bertz CT molecular complexity index is 1320. The summed E-state index contributed by atoms with van der Waals surface area (Å²) in [5.41, 5.74) is 18.4. The van der Waals surface area contributed by atoms with Gasteiger partial charge in [0.25, 0.3) is 0 Å². The summed E-state index contributed by atoms with van der Waals surface area (Å²) >= 11 is 0. The number of benzene rings is 2. The number of rotatable bonds is 19. The fourth-order valence-corrected chi connectivity index (χ4v) is 6.20. The molecule has 0 unspecified atom stereocenters. The van der Waals surface area contributed by atoms with Crippen molar-refractivity contribution in [1.82, 2.24) is 14.5 Å². The molecule has 0 heterocycles. The van der Waals surface area contributed by atoms with E-state index < -0.39 is 33.9 Å². The SMILES string of the molecule is CCOc1ccc(NC(=O)[C@H](CCc2ccccc2)NC(=O)[C@@H](N)CC(=O)N(CCN)CCN)cc1S(=O)(=O)N(CC)CC. The van der Waals surface area contributed by atoms with Crippen LogP contribution in [0, 0.1) is 0 Å². The van der Waals surface area contributed by atoms with Gasteiger partial charge in [0.15, 0.2) is 0 Å². The van der Waals surface area contributed by atoms with E-state index in [1.165, 1.54) is 27.4 Å². The van der Waals surface area contributed by atoms with Crippen LogP contribution in [0.25, 0.3) is 0 Å². The maximum Gasteiger partial charge on any atom is 0.246 e. The highest BCUT2D eigenvalue weighted by Crippen LogP contribution is 2.30. The molecule has 3 amide bonds. The first kappa shape index (κ1) is 36.6. The Kier molecular flexibility index (Phi) is 15.2. The molecule has 2 aromatic carbocycles. The molecule has 0 aromatic heterocycles. The summed E-state index contributed by atoms with van der Waals surface area (Å²) in [4.78, 5) is 40.7. The van der Waals surface area contributed by atoms with Gasteiger partial charge >= 0.3 is 0 Å². The second kappa shape index (κ2) is 18.3. The second-order valence-corrected chi connectivity index (χ2v) is 11.9. The summed E-state index contributed by atoms with van der Waals surface area (Å²) in [6.45, 7) is 7.01. The van der Waals surface area contributed by atoms with Gasteiger partial charge in [0.05, 0.1) is 19.1 Å². The number of carbonyl (C=O) groups is 3. The molecule has 14 heteroatoms. The highest BCUT2D eigenvalue weighted by atomic mass is 32.2. The van der Waals surface area contributed by atoms with Gasteiger partial charge in [-0.25, -0.2) is 8.42 Å². The molecule has 8 N–H and O–H groups in total. The molecule has 0 aliphatic carbocycles. The fourth-order valence-electron chi connectivity index (χ4n) is 4.58. The van der Waals surface area contributed by atoms with E-state index in [-0.39, 0.29) is 81.0 Å². The lowest BCUT2D eigenvalue weighted by Crippen LogP contribution is -2.52. The molecule has 0 fully saturated rings. The molecule has 2 rings (SSSR count). The molecule has 0 radical (unpaired) electrons. The number of nitrogens with two attached hydrogens (primary N) is 3. The van der Waals surface area contributed by atoms with E-state index in [1.807, 2.05) is 30.3 Å². The van der Waals surface area contributed by atoms with E-state index in [2.05, 4.69) is 10.6 Å². The molecule has 0 bridgehead atoms. The Morgan fingerprint density at radius 3 is 2.14 bits per heavy atom. The molecular weight excluding hydrogens is 586 g/mol. The van der Waals surface area contributed by atoms with E-state index in [0.717, 1.165) is 5.56 Å². The first-order valence-corrected chi connectivity index (χ1v) is 16.3. The third-order valence-corrected chi connectivity index (χ3v) is 8.98. The van der Waals surface area contributed by atoms with Gasteiger partial charge in [-0.1, -0.05) is 44.2 Å². The predicted octanol–water partition coefficient (Wildman–Crippen LogP) is 0.635. The smallest absolute Gasteiger partial charge is 0.246 e. The van der Waals surface area contributed by atoms with Crippen molar-refractivity contribution in [2.45, 2.75) is 57.0 Å². The number of anilines is 1. The summed E-state index contributed by atoms with van der Waals surface area (Å²) in [7, 11) is -3.92. The van der Waals surface area contributed by atoms with Crippen LogP contribution in [-0.2, 0) is 30.8 Å². The molecule has 0 aliphatic heterocycles. The van der Waals surface area contributed by atoms with Crippen LogP contribution in [0.1, 0.15) is 39.2 Å². The van der Waals surface area contributed by atoms with Crippen LogP contribution >= 0.6 is 0 Å². The first-order chi connectivity index (χ1) is 21.0. The number of sulfonamides is 1. The number of hydrogen-bond donors (Lipinski definition) is 5. The summed E-state index contributed by atoms with van der Waals surface area (Å²) < 4.78 is 33.6. The highest BCUT2D eigenvalue weighted by molar-refractivity contribution is 7.89. The Morgan fingerprint density at radius 2 is 1.57 bits per heavy atom. The van der Waals surface area contributed by atoms with Gasteiger partial charge in [0, 0.05) is 45.0 Å². The third-order valence-electron chi connectivity index (χ3n) is 6.91. The van der Waals surface area contributed by atoms with Gasteiger partial charge in [-0.2, -0.15) is 4.31 Å². The minimum absolute atomic E-state index is 0.0780. The average Bonchev–Trinajstić information content (AvgIpc) is 3.00. The van der Waals surface area contributed by atoms with E-state index in [9.17, 15) is 22.8 Å². The molecular formula is C30H47N7O6S. The number of aryl methyl sites for hydroxylation is 1. The van der Waals surface area contributed by atoms with Gasteiger partial charge in [0.1, 0.15) is 16.7 Å². The van der Waals surface area contributed by atoms with E-state index in [0.29, 0.717) is 6.42 Å². The van der Waals surface area contributed by atoms with E-state index in [1.54, 1.807) is 20.8 Å². The van der Waals surface area contributed by atoms with Crippen LogP contribution in [-0.4, -0.2) is 93.3 Å². The topological polar surface area (TPSA) is 203 Å². The molecule has 0 spiro atoms. The van der Waals surface area contributed by atoms with Crippen molar-refractivity contribution in [3.05, 3.63) is 54.1 Å². The van der Waals surface area contributed by atoms with E-state index in [4.69, 9.17) is 21.9 Å². The van der Waals surface area contributed by atoms with Crippen LogP contribution in [0.5, 0.6) is 5.75 Å². The van der Waals surface area contributed by atoms with Crippen molar-refractivity contribution in [3.8, 4) is 5.75 Å². The Labute approximate surface area is 260 Å². The molecule has 13 nitrogen and oxygen atoms in total. The lowest BCUT2D eigenvalue weighted by molar-refractivity contribution is -0.134. The standard InChI is InChI=1S/C30H47N7O6S/c1-4-37(5-2)44(41,42)27-20-23(13-15-26(27)43-6-3)34-30(40)25(14-12-22-10-8-7-9-11-22)35-29(39)24(33)21-28(38)36(18-16-31)19-17-32/h7-11,13,15,20,24-25H,4-6,12,14,16-19,21,31-33H2,1-3H3,(H,34,40)(H,35,39)/t24-,25-/m0/s1. The van der Waals surface area contributed by atoms with Gasteiger partial charge in [0.2, 0.25) is 27.7 Å². The quantitative estimate of drug-likeness (QED) is 0.147. The van der Waals surface area contributed by atoms with Gasteiger partial charge in [-0.3, -0.25) is 14.4 Å². The monoisotopic (exact) mass is 633 g/mol. The average molecular weight is 634 g/mol. The summed E-state index contributed by atoms with van der Waals surface area (Å²) in [5.74, 6) is -1.45. The van der Waals surface area contributed by atoms with Crippen molar-refractivity contribution in [1.29, 1.82) is 0 Å². The van der Waals surface area contributed by atoms with Crippen LogP contribution in [0.15, 0.2) is 53.4 Å². The van der Waals surface area contributed by atoms with Gasteiger partial charge in [-0.05, 0) is 43.5 Å². The number of hydrogen-bond acceptors (Lipinski definition) is 9. The summed E-state index contributed by atoms with van der Waals surface area (Å²) in [6.07, 6.45) is 0.389. The number of amides is 3. The molecule has 44 heavy (non-hydrogen) atoms. The molecule has 0 saturated carbocycles. The molecule has 244 valence electrons. The zero-order valence-electron chi connectivity index (χ0n) is 25.8. The first-order valence-electron chi connectivity index (χ1n) is 14.9. The highest BCUT2D eigenvalue weighted by Gasteiger charge is 2.29. The largest absolute Gasteiger partial charge is 0.492 e. The lowest BCUT2D eigenvalue weighted by Gasteiger charge is -2.24. The van der Waals surface area contributed by atoms with Crippen molar-refractivity contribution >= 4 is 33.4 Å². The Morgan fingerprint density at radius 1 is 0.932 bits per heavy atom. The van der Waals surface area contributed by atoms with Crippen LogP contribution in [0.4, 0.5) is 5.69 Å². The summed E-state index contributed by atoms with van der Waals surface area (Å²) in [5, 5.41) is 5.42. The van der Waals surface area contributed by atoms with Crippen molar-refractivity contribution in [2.24, 2.45) is 17.2 Å². The molecule has 2 atom stereocenters. The Hall–Kier alpha value is -3.56. The fraction of sp³-hybridized carbons (Fsp3) is 0.500. The zero-order valence-corrected chi connectivity index (χ0v) is 26.6. The maximum atomic E-state index is 13.5. The molecule has 0 saturated heterocycles. The van der Waals surface area contributed by atoms with Crippen molar-refractivity contribution in [3.63, 3.8) is 0 Å². The molecule has 0 aliphatic rings. The maximum absolute atomic E-state index is 13.5. The van der Waals surface area contributed by atoms with Crippen LogP contribution in [0.2, 0.25) is 0 Å². The normalized spacial score (nSPS) is 12.8. The number of nitrogens with one attached hydrogen (secondary N) is 2. The molecule has 2 aromatic rings. The van der Waals surface area contributed by atoms with Crippen LogP contribution < -0.4 is 32.6 Å².